The van der Waals surface area contributed by atoms with Gasteiger partial charge in [-0.05, 0) is 43.3 Å². The first kappa shape index (κ1) is 18.0. The van der Waals surface area contributed by atoms with Gasteiger partial charge in [-0.1, -0.05) is 17.7 Å². The Bertz CT molecular complexity index is 862. The molecular formula is C18H21ClN6O. The number of benzene rings is 1. The Kier molecular flexibility index (Phi) is 6.27. The van der Waals surface area contributed by atoms with Crippen molar-refractivity contribution in [1.29, 1.82) is 0 Å². The van der Waals surface area contributed by atoms with Gasteiger partial charge in [0.25, 0.3) is 0 Å². The Morgan fingerprint density at radius 1 is 1.15 bits per heavy atom. The maximum absolute atomic E-state index is 5.86. The van der Waals surface area contributed by atoms with Crippen molar-refractivity contribution in [3.8, 4) is 5.75 Å². The van der Waals surface area contributed by atoms with E-state index in [0.29, 0.717) is 30.7 Å². The van der Waals surface area contributed by atoms with Crippen molar-refractivity contribution in [3.63, 3.8) is 0 Å². The number of nitrogens with one attached hydrogen (secondary N) is 2. The normalized spacial score (nSPS) is 11.5. The summed E-state index contributed by atoms with van der Waals surface area (Å²) in [7, 11) is 0. The minimum absolute atomic E-state index is 0.429. The minimum Gasteiger partial charge on any atom is -0.492 e. The third kappa shape index (κ3) is 4.86. The SMILES string of the molecule is CCNC(=NCc1nnc2ccccn12)NCCOc1ccc(Cl)cc1. The molecule has 0 aliphatic heterocycles. The molecule has 0 saturated heterocycles. The molecule has 0 aliphatic rings. The number of pyridine rings is 1. The lowest BCUT2D eigenvalue weighted by Gasteiger charge is -2.12. The molecule has 0 aliphatic carbocycles. The van der Waals surface area contributed by atoms with Crippen molar-refractivity contribution in [1.82, 2.24) is 25.2 Å². The van der Waals surface area contributed by atoms with Crippen LogP contribution >= 0.6 is 11.6 Å². The number of ether oxygens (including phenoxy) is 1. The van der Waals surface area contributed by atoms with E-state index in [1.807, 2.05) is 47.9 Å². The summed E-state index contributed by atoms with van der Waals surface area (Å²) < 4.78 is 7.59. The molecule has 8 heteroatoms. The van der Waals surface area contributed by atoms with Crippen LogP contribution in [0.5, 0.6) is 5.75 Å². The van der Waals surface area contributed by atoms with Crippen LogP contribution in [0.3, 0.4) is 0 Å². The van der Waals surface area contributed by atoms with Crippen molar-refractivity contribution in [2.45, 2.75) is 13.5 Å². The molecule has 0 unspecified atom stereocenters. The summed E-state index contributed by atoms with van der Waals surface area (Å²) in [6, 6.07) is 13.1. The number of halogens is 1. The fourth-order valence-corrected chi connectivity index (χ4v) is 2.49. The van der Waals surface area contributed by atoms with E-state index in [1.165, 1.54) is 0 Å². The van der Waals surface area contributed by atoms with Crippen LogP contribution in [-0.4, -0.2) is 40.3 Å². The molecule has 7 nitrogen and oxygen atoms in total. The van der Waals surface area contributed by atoms with Crippen molar-refractivity contribution >= 4 is 23.2 Å². The highest BCUT2D eigenvalue weighted by Gasteiger charge is 2.04. The molecule has 2 heterocycles. The van der Waals surface area contributed by atoms with Gasteiger partial charge in [-0.15, -0.1) is 10.2 Å². The van der Waals surface area contributed by atoms with E-state index < -0.39 is 0 Å². The number of guanidine groups is 1. The monoisotopic (exact) mass is 372 g/mol. The first-order valence-electron chi connectivity index (χ1n) is 8.45. The molecule has 2 aromatic heterocycles. The maximum atomic E-state index is 5.86. The summed E-state index contributed by atoms with van der Waals surface area (Å²) >= 11 is 5.86. The summed E-state index contributed by atoms with van der Waals surface area (Å²) in [6.07, 6.45) is 1.93. The average molecular weight is 373 g/mol. The van der Waals surface area contributed by atoms with Crippen LogP contribution in [-0.2, 0) is 6.54 Å². The second-order valence-corrected chi connectivity index (χ2v) is 5.91. The lowest BCUT2D eigenvalue weighted by molar-refractivity contribution is 0.322. The molecule has 0 fully saturated rings. The van der Waals surface area contributed by atoms with Crippen molar-refractivity contribution in [2.75, 3.05) is 19.7 Å². The second-order valence-electron chi connectivity index (χ2n) is 5.47. The quantitative estimate of drug-likeness (QED) is 0.378. The van der Waals surface area contributed by atoms with Gasteiger partial charge in [0.05, 0.1) is 6.54 Å². The molecule has 136 valence electrons. The fourth-order valence-electron chi connectivity index (χ4n) is 2.36. The van der Waals surface area contributed by atoms with Crippen molar-refractivity contribution in [2.24, 2.45) is 4.99 Å². The Hall–Kier alpha value is -2.80. The van der Waals surface area contributed by atoms with Gasteiger partial charge in [0.1, 0.15) is 18.9 Å². The van der Waals surface area contributed by atoms with Crippen LogP contribution < -0.4 is 15.4 Å². The third-order valence-electron chi connectivity index (χ3n) is 3.58. The van der Waals surface area contributed by atoms with Gasteiger partial charge in [0.15, 0.2) is 17.4 Å². The molecule has 0 amide bonds. The van der Waals surface area contributed by atoms with E-state index in [4.69, 9.17) is 16.3 Å². The number of rotatable bonds is 7. The molecule has 3 aromatic rings. The first-order valence-corrected chi connectivity index (χ1v) is 8.83. The van der Waals surface area contributed by atoms with E-state index in [1.54, 1.807) is 12.1 Å². The van der Waals surface area contributed by atoms with Gasteiger partial charge in [-0.25, -0.2) is 4.99 Å². The van der Waals surface area contributed by atoms with Crippen LogP contribution in [0.15, 0.2) is 53.7 Å². The van der Waals surface area contributed by atoms with Gasteiger partial charge in [-0.3, -0.25) is 4.40 Å². The molecule has 0 bridgehead atoms. The summed E-state index contributed by atoms with van der Waals surface area (Å²) in [4.78, 5) is 4.56. The van der Waals surface area contributed by atoms with Crippen LogP contribution in [0, 0.1) is 0 Å². The first-order chi connectivity index (χ1) is 12.8. The van der Waals surface area contributed by atoms with Gasteiger partial charge in [0, 0.05) is 17.8 Å². The largest absolute Gasteiger partial charge is 0.492 e. The molecule has 3 rings (SSSR count). The topological polar surface area (TPSA) is 75.8 Å². The van der Waals surface area contributed by atoms with E-state index in [2.05, 4.69) is 25.8 Å². The second kappa shape index (κ2) is 9.05. The van der Waals surface area contributed by atoms with Crippen molar-refractivity contribution in [3.05, 3.63) is 59.5 Å². The molecule has 0 atom stereocenters. The molecular weight excluding hydrogens is 352 g/mol. The molecule has 1 aromatic carbocycles. The number of nitrogens with zero attached hydrogens (tertiary/aromatic N) is 4. The zero-order valence-corrected chi connectivity index (χ0v) is 15.3. The van der Waals surface area contributed by atoms with Crippen LogP contribution in [0.4, 0.5) is 0 Å². The Morgan fingerprint density at radius 3 is 2.81 bits per heavy atom. The Morgan fingerprint density at radius 2 is 2.00 bits per heavy atom. The highest BCUT2D eigenvalue weighted by atomic mass is 35.5. The number of aromatic nitrogens is 3. The summed E-state index contributed by atoms with van der Waals surface area (Å²) in [5, 5.41) is 15.5. The van der Waals surface area contributed by atoms with E-state index in [-0.39, 0.29) is 0 Å². The van der Waals surface area contributed by atoms with Crippen molar-refractivity contribution < 1.29 is 4.74 Å². The average Bonchev–Trinajstić information content (AvgIpc) is 3.08. The predicted molar refractivity (Wildman–Crippen MR) is 103 cm³/mol. The zero-order valence-electron chi connectivity index (χ0n) is 14.5. The van der Waals surface area contributed by atoms with E-state index >= 15 is 0 Å². The number of fused-ring (bicyclic) bond motifs is 1. The summed E-state index contributed by atoms with van der Waals surface area (Å²) in [5.41, 5.74) is 0.812. The fraction of sp³-hybridized carbons (Fsp3) is 0.278. The standard InChI is InChI=1S/C18H21ClN6O/c1-2-20-18(21-10-12-26-15-8-6-14(19)7-9-15)22-13-17-24-23-16-5-3-4-11-25(16)17/h3-9,11H,2,10,12-13H2,1H3,(H2,20,21,22). The summed E-state index contributed by atoms with van der Waals surface area (Å²) in [6.45, 7) is 4.35. The van der Waals surface area contributed by atoms with Crippen LogP contribution in [0.25, 0.3) is 5.65 Å². The third-order valence-corrected chi connectivity index (χ3v) is 3.84. The lowest BCUT2D eigenvalue weighted by atomic mass is 10.3. The minimum atomic E-state index is 0.429. The lowest BCUT2D eigenvalue weighted by Crippen LogP contribution is -2.39. The molecule has 26 heavy (non-hydrogen) atoms. The van der Waals surface area contributed by atoms with Crippen LogP contribution in [0.2, 0.25) is 5.02 Å². The highest BCUT2D eigenvalue weighted by Crippen LogP contribution is 2.15. The van der Waals surface area contributed by atoms with Gasteiger partial charge in [-0.2, -0.15) is 0 Å². The highest BCUT2D eigenvalue weighted by molar-refractivity contribution is 6.30. The maximum Gasteiger partial charge on any atom is 0.191 e. The number of aliphatic imine (C=N–C) groups is 1. The smallest absolute Gasteiger partial charge is 0.191 e. The molecule has 0 saturated carbocycles. The van der Waals surface area contributed by atoms with Gasteiger partial charge < -0.3 is 15.4 Å². The van der Waals surface area contributed by atoms with E-state index in [9.17, 15) is 0 Å². The van der Waals surface area contributed by atoms with Gasteiger partial charge in [0.2, 0.25) is 0 Å². The Labute approximate surface area is 157 Å². The Balaban J connectivity index is 1.53. The van der Waals surface area contributed by atoms with Crippen LogP contribution in [0.1, 0.15) is 12.7 Å². The van der Waals surface area contributed by atoms with Gasteiger partial charge >= 0.3 is 0 Å². The van der Waals surface area contributed by atoms with E-state index in [0.717, 1.165) is 23.8 Å². The molecule has 0 radical (unpaired) electrons. The molecule has 2 N–H and O–H groups in total. The number of hydrogen-bond donors (Lipinski definition) is 2. The predicted octanol–water partition coefficient (Wildman–Crippen LogP) is 2.52. The zero-order chi connectivity index (χ0) is 18.2. The molecule has 0 spiro atoms. The summed E-state index contributed by atoms with van der Waals surface area (Å²) in [5.74, 6) is 2.28. The number of hydrogen-bond acceptors (Lipinski definition) is 4.